The maximum Gasteiger partial charge on any atom is 0.225 e. The summed E-state index contributed by atoms with van der Waals surface area (Å²) in [6.07, 6.45) is 7.14. The van der Waals surface area contributed by atoms with Gasteiger partial charge in [0.2, 0.25) is 5.95 Å². The van der Waals surface area contributed by atoms with Gasteiger partial charge in [-0.05, 0) is 30.3 Å². The minimum atomic E-state index is 0.786. The SMILES string of the molecule is c1cncc(-c2ccnc(N3CCN(Cc4ccco4)CC3)n2)c1. The number of nitrogens with zero attached hydrogens (tertiary/aromatic N) is 5. The Morgan fingerprint density at radius 2 is 1.92 bits per heavy atom. The first kappa shape index (κ1) is 14.8. The highest BCUT2D eigenvalue weighted by atomic mass is 16.3. The molecule has 24 heavy (non-hydrogen) atoms. The fourth-order valence-electron chi connectivity index (χ4n) is 2.90. The van der Waals surface area contributed by atoms with Crippen molar-refractivity contribution in [2.75, 3.05) is 31.1 Å². The molecule has 0 spiro atoms. The molecule has 1 fully saturated rings. The van der Waals surface area contributed by atoms with Gasteiger partial charge in [-0.1, -0.05) is 0 Å². The lowest BCUT2D eigenvalue weighted by Gasteiger charge is -2.34. The number of anilines is 1. The van der Waals surface area contributed by atoms with Crippen LogP contribution < -0.4 is 4.90 Å². The van der Waals surface area contributed by atoms with Gasteiger partial charge in [-0.25, -0.2) is 9.97 Å². The quantitative estimate of drug-likeness (QED) is 0.736. The van der Waals surface area contributed by atoms with E-state index >= 15 is 0 Å². The van der Waals surface area contributed by atoms with Gasteiger partial charge >= 0.3 is 0 Å². The molecule has 4 rings (SSSR count). The molecule has 0 unspecified atom stereocenters. The predicted molar refractivity (Wildman–Crippen MR) is 91.5 cm³/mol. The van der Waals surface area contributed by atoms with Crippen LogP contribution in [-0.2, 0) is 6.54 Å². The van der Waals surface area contributed by atoms with E-state index in [0.29, 0.717) is 0 Å². The Bertz CT molecular complexity index is 767. The van der Waals surface area contributed by atoms with Gasteiger partial charge in [0.1, 0.15) is 5.76 Å². The Kier molecular flexibility index (Phi) is 4.20. The highest BCUT2D eigenvalue weighted by molar-refractivity contribution is 5.58. The van der Waals surface area contributed by atoms with E-state index in [1.165, 1.54) is 0 Å². The topological polar surface area (TPSA) is 58.3 Å². The minimum Gasteiger partial charge on any atom is -0.468 e. The predicted octanol–water partition coefficient (Wildman–Crippen LogP) is 2.45. The van der Waals surface area contributed by atoms with Crippen molar-refractivity contribution in [3.63, 3.8) is 0 Å². The Morgan fingerprint density at radius 1 is 1.00 bits per heavy atom. The summed E-state index contributed by atoms with van der Waals surface area (Å²) in [4.78, 5) is 17.9. The van der Waals surface area contributed by atoms with E-state index in [1.807, 2.05) is 42.7 Å². The van der Waals surface area contributed by atoms with Crippen molar-refractivity contribution in [2.24, 2.45) is 0 Å². The molecule has 0 aliphatic carbocycles. The van der Waals surface area contributed by atoms with Gasteiger partial charge in [0.15, 0.2) is 0 Å². The van der Waals surface area contributed by atoms with Gasteiger partial charge in [-0.15, -0.1) is 0 Å². The van der Waals surface area contributed by atoms with Crippen molar-refractivity contribution >= 4 is 5.95 Å². The first-order valence-corrected chi connectivity index (χ1v) is 8.11. The van der Waals surface area contributed by atoms with Crippen molar-refractivity contribution in [1.82, 2.24) is 19.9 Å². The lowest BCUT2D eigenvalue weighted by atomic mass is 10.2. The van der Waals surface area contributed by atoms with E-state index in [1.54, 1.807) is 12.5 Å². The molecule has 0 aromatic carbocycles. The van der Waals surface area contributed by atoms with Crippen LogP contribution in [0.1, 0.15) is 5.76 Å². The van der Waals surface area contributed by atoms with Crippen molar-refractivity contribution in [3.8, 4) is 11.3 Å². The number of hydrogen-bond acceptors (Lipinski definition) is 6. The summed E-state index contributed by atoms with van der Waals surface area (Å²) in [6, 6.07) is 9.81. The third-order valence-electron chi connectivity index (χ3n) is 4.21. The number of aromatic nitrogens is 3. The van der Waals surface area contributed by atoms with Crippen LogP contribution in [-0.4, -0.2) is 46.0 Å². The van der Waals surface area contributed by atoms with Crippen LogP contribution in [0.25, 0.3) is 11.3 Å². The lowest BCUT2D eigenvalue weighted by molar-refractivity contribution is 0.229. The molecule has 1 aliphatic rings. The molecular formula is C18H19N5O. The van der Waals surface area contributed by atoms with Gasteiger partial charge in [0.25, 0.3) is 0 Å². The Hall–Kier alpha value is -2.73. The molecule has 0 saturated carbocycles. The summed E-state index contributed by atoms with van der Waals surface area (Å²) in [5.74, 6) is 1.80. The van der Waals surface area contributed by atoms with Gasteiger partial charge in [0, 0.05) is 50.3 Å². The fourth-order valence-corrected chi connectivity index (χ4v) is 2.90. The van der Waals surface area contributed by atoms with Gasteiger partial charge < -0.3 is 9.32 Å². The van der Waals surface area contributed by atoms with Crippen LogP contribution >= 0.6 is 0 Å². The summed E-state index contributed by atoms with van der Waals surface area (Å²) >= 11 is 0. The molecule has 3 aromatic rings. The Balaban J connectivity index is 1.42. The van der Waals surface area contributed by atoms with Crippen LogP contribution in [0.3, 0.4) is 0 Å². The molecule has 3 aromatic heterocycles. The summed E-state index contributed by atoms with van der Waals surface area (Å²) in [5.41, 5.74) is 1.92. The molecule has 0 amide bonds. The van der Waals surface area contributed by atoms with E-state index in [4.69, 9.17) is 9.40 Å². The first-order chi connectivity index (χ1) is 11.9. The van der Waals surface area contributed by atoms with Gasteiger partial charge in [-0.3, -0.25) is 9.88 Å². The Labute approximate surface area is 140 Å². The zero-order valence-electron chi connectivity index (χ0n) is 13.4. The standard InChI is InChI=1S/C18H19N5O/c1-3-15(13-19-6-1)17-5-7-20-18(21-17)23-10-8-22(9-11-23)14-16-4-2-12-24-16/h1-7,12-13H,8-11,14H2. The molecule has 1 saturated heterocycles. The average Bonchev–Trinajstić information content (AvgIpc) is 3.16. The van der Waals surface area contributed by atoms with Gasteiger partial charge in [-0.2, -0.15) is 0 Å². The van der Waals surface area contributed by atoms with Crippen molar-refractivity contribution in [2.45, 2.75) is 6.54 Å². The molecule has 0 radical (unpaired) electrons. The summed E-state index contributed by atoms with van der Waals surface area (Å²) < 4.78 is 5.43. The molecule has 6 heteroatoms. The molecule has 0 bridgehead atoms. The molecular weight excluding hydrogens is 302 g/mol. The molecule has 4 heterocycles. The molecule has 122 valence electrons. The number of hydrogen-bond donors (Lipinski definition) is 0. The van der Waals surface area contributed by atoms with E-state index in [0.717, 1.165) is 55.7 Å². The fraction of sp³-hybridized carbons (Fsp3) is 0.278. The van der Waals surface area contributed by atoms with Crippen molar-refractivity contribution in [1.29, 1.82) is 0 Å². The van der Waals surface area contributed by atoms with Crippen LogP contribution in [0.15, 0.2) is 59.6 Å². The van der Waals surface area contributed by atoms with Crippen LogP contribution in [0, 0.1) is 0 Å². The minimum absolute atomic E-state index is 0.786. The largest absolute Gasteiger partial charge is 0.468 e. The smallest absolute Gasteiger partial charge is 0.225 e. The third-order valence-corrected chi connectivity index (χ3v) is 4.21. The molecule has 0 N–H and O–H groups in total. The maximum absolute atomic E-state index is 5.43. The average molecular weight is 321 g/mol. The maximum atomic E-state index is 5.43. The number of pyridine rings is 1. The second-order valence-electron chi connectivity index (χ2n) is 5.83. The van der Waals surface area contributed by atoms with E-state index in [2.05, 4.69) is 19.8 Å². The summed E-state index contributed by atoms with van der Waals surface area (Å²) in [5, 5.41) is 0. The first-order valence-electron chi connectivity index (χ1n) is 8.11. The Morgan fingerprint density at radius 3 is 2.67 bits per heavy atom. The zero-order valence-corrected chi connectivity index (χ0v) is 13.4. The highest BCUT2D eigenvalue weighted by Crippen LogP contribution is 2.19. The van der Waals surface area contributed by atoms with Gasteiger partial charge in [0.05, 0.1) is 18.5 Å². The summed E-state index contributed by atoms with van der Waals surface area (Å²) in [7, 11) is 0. The number of rotatable bonds is 4. The number of furan rings is 1. The second-order valence-corrected chi connectivity index (χ2v) is 5.83. The normalized spacial score (nSPS) is 15.6. The monoisotopic (exact) mass is 321 g/mol. The molecule has 6 nitrogen and oxygen atoms in total. The van der Waals surface area contributed by atoms with E-state index in [-0.39, 0.29) is 0 Å². The third kappa shape index (κ3) is 3.28. The molecule has 1 aliphatic heterocycles. The van der Waals surface area contributed by atoms with E-state index in [9.17, 15) is 0 Å². The van der Waals surface area contributed by atoms with E-state index < -0.39 is 0 Å². The van der Waals surface area contributed by atoms with Crippen molar-refractivity contribution in [3.05, 3.63) is 60.9 Å². The van der Waals surface area contributed by atoms with Crippen LogP contribution in [0.4, 0.5) is 5.95 Å². The summed E-state index contributed by atoms with van der Waals surface area (Å²) in [6.45, 7) is 4.63. The second kappa shape index (κ2) is 6.80. The highest BCUT2D eigenvalue weighted by Gasteiger charge is 2.20. The number of piperazine rings is 1. The van der Waals surface area contributed by atoms with Crippen LogP contribution in [0.5, 0.6) is 0 Å². The zero-order chi connectivity index (χ0) is 16.2. The molecule has 0 atom stereocenters. The van der Waals surface area contributed by atoms with Crippen LogP contribution in [0.2, 0.25) is 0 Å². The lowest BCUT2D eigenvalue weighted by Crippen LogP contribution is -2.46. The van der Waals surface area contributed by atoms with Crippen molar-refractivity contribution < 1.29 is 4.42 Å².